The Morgan fingerprint density at radius 1 is 1.30 bits per heavy atom. The van der Waals surface area contributed by atoms with E-state index in [0.717, 1.165) is 32.3 Å². The van der Waals surface area contributed by atoms with E-state index < -0.39 is 0 Å². The lowest BCUT2D eigenvalue weighted by Gasteiger charge is -2.24. The van der Waals surface area contributed by atoms with Gasteiger partial charge in [-0.05, 0) is 37.8 Å². The summed E-state index contributed by atoms with van der Waals surface area (Å²) in [6.45, 7) is 1.26. The van der Waals surface area contributed by atoms with Crippen molar-refractivity contribution in [1.29, 1.82) is 0 Å². The smallest absolute Gasteiger partial charge is 0.256 e. The molecule has 0 aliphatic carbocycles. The third kappa shape index (κ3) is 4.47. The summed E-state index contributed by atoms with van der Waals surface area (Å²) in [6, 6.07) is 6.99. The molecule has 0 bridgehead atoms. The zero-order valence-electron chi connectivity index (χ0n) is 16.0. The number of amides is 3. The van der Waals surface area contributed by atoms with E-state index in [1.807, 2.05) is 0 Å². The summed E-state index contributed by atoms with van der Waals surface area (Å²) in [5.41, 5.74) is 1.02. The maximum absolute atomic E-state index is 12.8. The van der Waals surface area contributed by atoms with Crippen molar-refractivity contribution in [1.82, 2.24) is 9.80 Å². The second-order valence-corrected chi connectivity index (χ2v) is 7.22. The molecule has 7 nitrogen and oxygen atoms in total. The van der Waals surface area contributed by atoms with Crippen molar-refractivity contribution in [2.75, 3.05) is 45.2 Å². The van der Waals surface area contributed by atoms with Crippen molar-refractivity contribution in [2.24, 2.45) is 0 Å². The van der Waals surface area contributed by atoms with Crippen LogP contribution in [0.25, 0.3) is 0 Å². The van der Waals surface area contributed by atoms with Crippen LogP contribution in [0, 0.1) is 0 Å². The van der Waals surface area contributed by atoms with Gasteiger partial charge in [-0.15, -0.1) is 0 Å². The van der Waals surface area contributed by atoms with E-state index in [9.17, 15) is 14.4 Å². The molecule has 3 rings (SSSR count). The quantitative estimate of drug-likeness (QED) is 0.758. The number of rotatable bonds is 6. The van der Waals surface area contributed by atoms with Gasteiger partial charge >= 0.3 is 0 Å². The van der Waals surface area contributed by atoms with Crippen molar-refractivity contribution in [3.63, 3.8) is 0 Å². The number of fused-ring (bicyclic) bond motifs is 1. The number of nitrogens with zero attached hydrogens (tertiary/aromatic N) is 3. The van der Waals surface area contributed by atoms with E-state index >= 15 is 0 Å². The minimum Gasteiger partial charge on any atom is -0.378 e. The first-order chi connectivity index (χ1) is 13.0. The van der Waals surface area contributed by atoms with Crippen LogP contribution >= 0.6 is 0 Å². The highest BCUT2D eigenvalue weighted by Crippen LogP contribution is 2.24. The zero-order chi connectivity index (χ0) is 19.4. The molecule has 0 radical (unpaired) electrons. The molecule has 1 aromatic carbocycles. The second kappa shape index (κ2) is 8.52. The van der Waals surface area contributed by atoms with Crippen LogP contribution in [0.2, 0.25) is 0 Å². The van der Waals surface area contributed by atoms with Gasteiger partial charge in [0.15, 0.2) is 0 Å². The Hall–Kier alpha value is -2.41. The maximum atomic E-state index is 12.8. The zero-order valence-corrected chi connectivity index (χ0v) is 16.0. The largest absolute Gasteiger partial charge is 0.378 e. The lowest BCUT2D eigenvalue weighted by molar-refractivity contribution is -0.131. The first-order valence-electron chi connectivity index (χ1n) is 9.48. The van der Waals surface area contributed by atoms with E-state index in [4.69, 9.17) is 4.74 Å². The molecule has 2 aliphatic rings. The van der Waals surface area contributed by atoms with Gasteiger partial charge in [0, 0.05) is 27.2 Å². The van der Waals surface area contributed by atoms with E-state index in [1.165, 1.54) is 9.80 Å². The summed E-state index contributed by atoms with van der Waals surface area (Å²) in [6.07, 6.45) is 4.32. The molecular formula is C20H27N3O4. The van der Waals surface area contributed by atoms with Crippen molar-refractivity contribution in [3.8, 4) is 0 Å². The van der Waals surface area contributed by atoms with Gasteiger partial charge in [-0.1, -0.05) is 12.1 Å². The molecule has 2 aliphatic heterocycles. The number of hydrogen-bond donors (Lipinski definition) is 0. The Bertz CT molecular complexity index is 715. The van der Waals surface area contributed by atoms with Crippen molar-refractivity contribution in [3.05, 3.63) is 29.8 Å². The van der Waals surface area contributed by atoms with Gasteiger partial charge in [0.1, 0.15) is 13.1 Å². The number of hydrogen-bond acceptors (Lipinski definition) is 4. The highest BCUT2D eigenvalue weighted by atomic mass is 16.5. The Morgan fingerprint density at radius 2 is 2.07 bits per heavy atom. The van der Waals surface area contributed by atoms with Gasteiger partial charge in [0.2, 0.25) is 11.8 Å². The van der Waals surface area contributed by atoms with Crippen molar-refractivity contribution >= 4 is 23.4 Å². The van der Waals surface area contributed by atoms with E-state index in [-0.39, 0.29) is 30.8 Å². The predicted molar refractivity (Wildman–Crippen MR) is 102 cm³/mol. The molecule has 2 heterocycles. The van der Waals surface area contributed by atoms with Gasteiger partial charge in [-0.3, -0.25) is 14.4 Å². The molecule has 1 aromatic rings. The highest BCUT2D eigenvalue weighted by Gasteiger charge is 2.31. The Morgan fingerprint density at radius 3 is 2.81 bits per heavy atom. The molecular weight excluding hydrogens is 346 g/mol. The number of carbonyl (C=O) groups is 3. The average Bonchev–Trinajstić information content (AvgIpc) is 3.16. The summed E-state index contributed by atoms with van der Waals surface area (Å²) >= 11 is 0. The summed E-state index contributed by atoms with van der Waals surface area (Å²) in [7, 11) is 3.39. The van der Waals surface area contributed by atoms with Gasteiger partial charge in [-0.2, -0.15) is 0 Å². The fourth-order valence-corrected chi connectivity index (χ4v) is 3.56. The number of carbonyl (C=O) groups excluding carboxylic acids is 3. The van der Waals surface area contributed by atoms with Crippen molar-refractivity contribution < 1.29 is 19.1 Å². The summed E-state index contributed by atoms with van der Waals surface area (Å²) < 4.78 is 5.60. The van der Waals surface area contributed by atoms with Gasteiger partial charge < -0.3 is 19.4 Å². The van der Waals surface area contributed by atoms with Crippen LogP contribution in [0.1, 0.15) is 36.0 Å². The third-order valence-electron chi connectivity index (χ3n) is 5.28. The molecule has 1 atom stereocenters. The first kappa shape index (κ1) is 19.4. The molecule has 27 heavy (non-hydrogen) atoms. The maximum Gasteiger partial charge on any atom is 0.256 e. The van der Waals surface area contributed by atoms with Gasteiger partial charge in [0.25, 0.3) is 5.91 Å². The second-order valence-electron chi connectivity index (χ2n) is 7.22. The SMILES string of the molecule is CN(CCCC1CCCO1)C(=O)CN1CC(=O)N(C)c2ccccc2C1=O. The molecule has 3 amide bonds. The molecule has 1 saturated heterocycles. The molecule has 1 unspecified atom stereocenters. The summed E-state index contributed by atoms with van der Waals surface area (Å²) in [5, 5.41) is 0. The topological polar surface area (TPSA) is 70.2 Å². The third-order valence-corrected chi connectivity index (χ3v) is 5.28. The fraction of sp³-hybridized carbons (Fsp3) is 0.550. The molecule has 0 aromatic heterocycles. The van der Waals surface area contributed by atoms with Gasteiger partial charge in [-0.25, -0.2) is 0 Å². The standard InChI is InChI=1S/C20H27N3O4/c1-21(11-5-7-15-8-6-12-27-15)18(24)13-23-14-19(25)22(2)17-10-4-3-9-16(17)20(23)26/h3-4,9-10,15H,5-8,11-14H2,1-2H3. The lowest BCUT2D eigenvalue weighted by Crippen LogP contribution is -2.44. The molecule has 0 spiro atoms. The van der Waals surface area contributed by atoms with E-state index in [0.29, 0.717) is 23.9 Å². The molecule has 1 fully saturated rings. The predicted octanol–water partition coefficient (Wildman–Crippen LogP) is 1.52. The Balaban J connectivity index is 1.59. The fourth-order valence-electron chi connectivity index (χ4n) is 3.56. The number of benzene rings is 1. The van der Waals surface area contributed by atoms with Crippen LogP contribution in [-0.2, 0) is 14.3 Å². The summed E-state index contributed by atoms with van der Waals surface area (Å²) in [5.74, 6) is -0.655. The van der Waals surface area contributed by atoms with Crippen LogP contribution < -0.4 is 4.90 Å². The molecule has 7 heteroatoms. The highest BCUT2D eigenvalue weighted by molar-refractivity contribution is 6.10. The minimum atomic E-state index is -0.288. The number of para-hydroxylation sites is 1. The average molecular weight is 373 g/mol. The number of likely N-dealkylation sites (N-methyl/N-ethyl adjacent to an activating group) is 2. The van der Waals surface area contributed by atoms with Crippen LogP contribution in [-0.4, -0.2) is 74.0 Å². The molecule has 0 saturated carbocycles. The lowest BCUT2D eigenvalue weighted by atomic mass is 10.1. The molecule has 0 N–H and O–H groups in total. The minimum absolute atomic E-state index is 0.0941. The van der Waals surface area contributed by atoms with Crippen LogP contribution in [0.15, 0.2) is 24.3 Å². The normalized spacial score (nSPS) is 19.9. The van der Waals surface area contributed by atoms with Crippen LogP contribution in [0.3, 0.4) is 0 Å². The Labute approximate surface area is 159 Å². The van der Waals surface area contributed by atoms with Gasteiger partial charge in [0.05, 0.1) is 17.4 Å². The van der Waals surface area contributed by atoms with Crippen LogP contribution in [0.5, 0.6) is 0 Å². The van der Waals surface area contributed by atoms with E-state index in [1.54, 1.807) is 43.3 Å². The van der Waals surface area contributed by atoms with Crippen LogP contribution in [0.4, 0.5) is 5.69 Å². The Kier molecular flexibility index (Phi) is 6.11. The number of anilines is 1. The van der Waals surface area contributed by atoms with E-state index in [2.05, 4.69) is 0 Å². The first-order valence-corrected chi connectivity index (χ1v) is 9.48. The molecule has 146 valence electrons. The number of ether oxygens (including phenoxy) is 1. The monoisotopic (exact) mass is 373 g/mol. The summed E-state index contributed by atoms with van der Waals surface area (Å²) in [4.78, 5) is 42.2. The van der Waals surface area contributed by atoms with Crippen molar-refractivity contribution in [2.45, 2.75) is 31.8 Å².